The van der Waals surface area contributed by atoms with Gasteiger partial charge in [-0.15, -0.1) is 0 Å². The van der Waals surface area contributed by atoms with Crippen molar-refractivity contribution in [3.63, 3.8) is 0 Å². The van der Waals surface area contributed by atoms with Gasteiger partial charge in [-0.25, -0.2) is 9.37 Å². The standard InChI is InChI=1S/C11H10BrFN2O/c1-15-6-9(14-11(15)12)7-16-10-4-2-3-8(13)5-10/h2-6H,7H2,1H3. The molecule has 0 fully saturated rings. The summed E-state index contributed by atoms with van der Waals surface area (Å²) in [5, 5.41) is 0. The molecular weight excluding hydrogens is 275 g/mol. The van der Waals surface area contributed by atoms with Crippen molar-refractivity contribution in [3.8, 4) is 5.75 Å². The van der Waals surface area contributed by atoms with Gasteiger partial charge in [0.05, 0.1) is 5.69 Å². The minimum absolute atomic E-state index is 0.306. The maximum atomic E-state index is 12.9. The third-order valence-electron chi connectivity index (χ3n) is 2.05. The number of benzene rings is 1. The molecule has 0 aliphatic heterocycles. The van der Waals surface area contributed by atoms with E-state index in [1.807, 2.05) is 17.8 Å². The maximum Gasteiger partial charge on any atom is 0.177 e. The summed E-state index contributed by atoms with van der Waals surface area (Å²) < 4.78 is 20.8. The summed E-state index contributed by atoms with van der Waals surface area (Å²) in [5.41, 5.74) is 0.790. The highest BCUT2D eigenvalue weighted by Crippen LogP contribution is 2.15. The molecule has 0 saturated carbocycles. The van der Waals surface area contributed by atoms with E-state index in [0.717, 1.165) is 10.4 Å². The van der Waals surface area contributed by atoms with Gasteiger partial charge in [0.25, 0.3) is 0 Å². The van der Waals surface area contributed by atoms with Crippen LogP contribution in [0.4, 0.5) is 4.39 Å². The third kappa shape index (κ3) is 2.61. The molecular formula is C11H10BrFN2O. The highest BCUT2D eigenvalue weighted by Gasteiger charge is 2.03. The summed E-state index contributed by atoms with van der Waals surface area (Å²) in [4.78, 5) is 4.21. The molecule has 0 amide bonds. The molecule has 1 aromatic heterocycles. The van der Waals surface area contributed by atoms with E-state index in [9.17, 15) is 4.39 Å². The first-order valence-corrected chi connectivity index (χ1v) is 5.50. The zero-order valence-electron chi connectivity index (χ0n) is 8.65. The Morgan fingerprint density at radius 2 is 2.31 bits per heavy atom. The summed E-state index contributed by atoms with van der Waals surface area (Å²) in [7, 11) is 1.88. The molecule has 1 aromatic carbocycles. The van der Waals surface area contributed by atoms with Crippen molar-refractivity contribution in [2.24, 2.45) is 7.05 Å². The zero-order valence-corrected chi connectivity index (χ0v) is 10.2. The van der Waals surface area contributed by atoms with Gasteiger partial charge in [-0.1, -0.05) is 6.07 Å². The highest BCUT2D eigenvalue weighted by molar-refractivity contribution is 9.10. The molecule has 0 radical (unpaired) electrons. The van der Waals surface area contributed by atoms with Crippen LogP contribution in [0.15, 0.2) is 35.2 Å². The van der Waals surface area contributed by atoms with Crippen LogP contribution in [0.2, 0.25) is 0 Å². The number of aromatic nitrogens is 2. The second kappa shape index (κ2) is 4.65. The van der Waals surface area contributed by atoms with E-state index in [-0.39, 0.29) is 5.82 Å². The van der Waals surface area contributed by atoms with Gasteiger partial charge in [0.1, 0.15) is 18.2 Å². The summed E-state index contributed by atoms with van der Waals surface area (Å²) in [6, 6.07) is 6.04. The van der Waals surface area contributed by atoms with Gasteiger partial charge in [0.15, 0.2) is 4.73 Å². The van der Waals surface area contributed by atoms with Crippen molar-refractivity contribution in [1.82, 2.24) is 9.55 Å². The number of hydrogen-bond acceptors (Lipinski definition) is 2. The number of aryl methyl sites for hydroxylation is 1. The molecule has 0 saturated heterocycles. The maximum absolute atomic E-state index is 12.9. The van der Waals surface area contributed by atoms with Crippen LogP contribution in [0.1, 0.15) is 5.69 Å². The molecule has 0 aliphatic carbocycles. The smallest absolute Gasteiger partial charge is 0.177 e. The molecule has 0 aliphatic rings. The van der Waals surface area contributed by atoms with E-state index < -0.39 is 0 Å². The lowest BCUT2D eigenvalue weighted by atomic mass is 10.3. The van der Waals surface area contributed by atoms with E-state index in [0.29, 0.717) is 12.4 Å². The second-order valence-electron chi connectivity index (χ2n) is 3.36. The summed E-state index contributed by atoms with van der Waals surface area (Å²) in [6.07, 6.45) is 1.85. The van der Waals surface area contributed by atoms with Crippen LogP contribution in [0.3, 0.4) is 0 Å². The largest absolute Gasteiger partial charge is 0.487 e. The molecule has 2 rings (SSSR count). The molecule has 0 spiro atoms. The summed E-state index contributed by atoms with van der Waals surface area (Å²) in [6.45, 7) is 0.322. The number of nitrogens with zero attached hydrogens (tertiary/aromatic N) is 2. The Morgan fingerprint density at radius 3 is 2.94 bits per heavy atom. The van der Waals surface area contributed by atoms with Crippen molar-refractivity contribution in [2.45, 2.75) is 6.61 Å². The van der Waals surface area contributed by atoms with Crippen molar-refractivity contribution >= 4 is 15.9 Å². The zero-order chi connectivity index (χ0) is 11.5. The Kier molecular flexibility index (Phi) is 3.24. The van der Waals surface area contributed by atoms with Gasteiger partial charge < -0.3 is 9.30 Å². The van der Waals surface area contributed by atoms with Gasteiger partial charge in [-0.05, 0) is 28.1 Å². The first kappa shape index (κ1) is 11.1. The first-order valence-electron chi connectivity index (χ1n) is 4.71. The Labute approximate surface area is 101 Å². The second-order valence-corrected chi connectivity index (χ2v) is 4.07. The molecule has 3 nitrogen and oxygen atoms in total. The van der Waals surface area contributed by atoms with Gasteiger partial charge in [0.2, 0.25) is 0 Å². The van der Waals surface area contributed by atoms with Crippen LogP contribution < -0.4 is 4.74 Å². The van der Waals surface area contributed by atoms with Gasteiger partial charge in [0, 0.05) is 19.3 Å². The number of halogens is 2. The van der Waals surface area contributed by atoms with E-state index in [4.69, 9.17) is 4.74 Å². The molecule has 16 heavy (non-hydrogen) atoms. The van der Waals surface area contributed by atoms with Crippen molar-refractivity contribution in [3.05, 3.63) is 46.7 Å². The highest BCUT2D eigenvalue weighted by atomic mass is 79.9. The predicted octanol–water partition coefficient (Wildman–Crippen LogP) is 2.90. The molecule has 0 N–H and O–H groups in total. The Bertz CT molecular complexity index is 479. The van der Waals surface area contributed by atoms with Gasteiger partial charge in [-0.3, -0.25) is 0 Å². The molecule has 0 bridgehead atoms. The fourth-order valence-electron chi connectivity index (χ4n) is 1.29. The van der Waals surface area contributed by atoms with Crippen LogP contribution in [-0.2, 0) is 13.7 Å². The van der Waals surface area contributed by atoms with E-state index >= 15 is 0 Å². The first-order chi connectivity index (χ1) is 7.65. The van der Waals surface area contributed by atoms with Crippen LogP contribution in [-0.4, -0.2) is 9.55 Å². The van der Waals surface area contributed by atoms with Crippen LogP contribution in [0.25, 0.3) is 0 Å². The minimum atomic E-state index is -0.306. The lowest BCUT2D eigenvalue weighted by molar-refractivity contribution is 0.300. The fraction of sp³-hybridized carbons (Fsp3) is 0.182. The lowest BCUT2D eigenvalue weighted by Crippen LogP contribution is -1.95. The van der Waals surface area contributed by atoms with Crippen molar-refractivity contribution in [2.75, 3.05) is 0 Å². The average Bonchev–Trinajstić information content (AvgIpc) is 2.56. The quantitative estimate of drug-likeness (QED) is 0.867. The molecule has 0 atom stereocenters. The molecule has 0 unspecified atom stereocenters. The predicted molar refractivity (Wildman–Crippen MR) is 61.6 cm³/mol. The molecule has 1 heterocycles. The molecule has 2 aromatic rings. The normalized spacial score (nSPS) is 10.4. The molecule has 5 heteroatoms. The number of rotatable bonds is 3. The monoisotopic (exact) mass is 284 g/mol. The Balaban J connectivity index is 2.02. The SMILES string of the molecule is Cn1cc(COc2cccc(F)c2)nc1Br. The van der Waals surface area contributed by atoms with Crippen molar-refractivity contribution in [1.29, 1.82) is 0 Å². The van der Waals surface area contributed by atoms with Crippen LogP contribution >= 0.6 is 15.9 Å². The summed E-state index contributed by atoms with van der Waals surface area (Å²) in [5.74, 6) is 0.196. The summed E-state index contributed by atoms with van der Waals surface area (Å²) >= 11 is 3.29. The van der Waals surface area contributed by atoms with Gasteiger partial charge >= 0.3 is 0 Å². The van der Waals surface area contributed by atoms with Crippen LogP contribution in [0, 0.1) is 5.82 Å². The molecule has 84 valence electrons. The lowest BCUT2D eigenvalue weighted by Gasteiger charge is -2.03. The van der Waals surface area contributed by atoms with E-state index in [1.165, 1.54) is 12.1 Å². The van der Waals surface area contributed by atoms with Crippen LogP contribution in [0.5, 0.6) is 5.75 Å². The van der Waals surface area contributed by atoms with E-state index in [2.05, 4.69) is 20.9 Å². The number of ether oxygens (including phenoxy) is 1. The fourth-order valence-corrected chi connectivity index (χ4v) is 1.62. The number of hydrogen-bond donors (Lipinski definition) is 0. The third-order valence-corrected chi connectivity index (χ3v) is 2.79. The Morgan fingerprint density at radius 1 is 1.50 bits per heavy atom. The average molecular weight is 285 g/mol. The minimum Gasteiger partial charge on any atom is -0.487 e. The Hall–Kier alpha value is -1.36. The topological polar surface area (TPSA) is 27.1 Å². The van der Waals surface area contributed by atoms with E-state index in [1.54, 1.807) is 12.1 Å². The van der Waals surface area contributed by atoms with Gasteiger partial charge in [-0.2, -0.15) is 0 Å². The van der Waals surface area contributed by atoms with Crippen molar-refractivity contribution < 1.29 is 9.13 Å². The number of imidazole rings is 1.